The molecular formula is C13H14N2O2. The standard InChI is InChI=1S/C13H14N2O2/c1-17-11-4-2-3-9(7-11)12-6-5-10(8-14)13(16)15-12/h2-7H,8,14H2,1H3,(H,15,16). The summed E-state index contributed by atoms with van der Waals surface area (Å²) in [6.07, 6.45) is 0. The molecule has 1 aromatic heterocycles. The molecule has 3 N–H and O–H groups in total. The van der Waals surface area contributed by atoms with Crippen molar-refractivity contribution in [1.82, 2.24) is 4.98 Å². The first kappa shape index (κ1) is 11.4. The summed E-state index contributed by atoms with van der Waals surface area (Å²) < 4.78 is 5.14. The number of ether oxygens (including phenoxy) is 1. The minimum Gasteiger partial charge on any atom is -0.497 e. The molecule has 0 radical (unpaired) electrons. The van der Waals surface area contributed by atoms with Crippen LogP contribution in [0.25, 0.3) is 11.3 Å². The van der Waals surface area contributed by atoms with Crippen LogP contribution in [0, 0.1) is 0 Å². The lowest BCUT2D eigenvalue weighted by Gasteiger charge is -2.05. The Labute approximate surface area is 99.1 Å². The third-order valence-electron chi connectivity index (χ3n) is 2.59. The molecule has 17 heavy (non-hydrogen) atoms. The van der Waals surface area contributed by atoms with E-state index in [1.165, 1.54) is 0 Å². The van der Waals surface area contributed by atoms with Gasteiger partial charge in [0.2, 0.25) is 0 Å². The average molecular weight is 230 g/mol. The molecule has 4 nitrogen and oxygen atoms in total. The van der Waals surface area contributed by atoms with E-state index in [1.54, 1.807) is 13.2 Å². The quantitative estimate of drug-likeness (QED) is 0.839. The highest BCUT2D eigenvalue weighted by Gasteiger charge is 2.02. The van der Waals surface area contributed by atoms with Crippen LogP contribution < -0.4 is 16.0 Å². The number of hydrogen-bond donors (Lipinski definition) is 2. The van der Waals surface area contributed by atoms with Crippen molar-refractivity contribution in [3.63, 3.8) is 0 Å². The van der Waals surface area contributed by atoms with Gasteiger partial charge in [-0.25, -0.2) is 0 Å². The van der Waals surface area contributed by atoms with Gasteiger partial charge in [-0.2, -0.15) is 0 Å². The Morgan fingerprint density at radius 2 is 2.12 bits per heavy atom. The van der Waals surface area contributed by atoms with Crippen LogP contribution in [0.1, 0.15) is 5.56 Å². The van der Waals surface area contributed by atoms with Gasteiger partial charge < -0.3 is 15.5 Å². The zero-order valence-electron chi connectivity index (χ0n) is 9.57. The molecule has 2 rings (SSSR count). The van der Waals surface area contributed by atoms with E-state index in [-0.39, 0.29) is 12.1 Å². The summed E-state index contributed by atoms with van der Waals surface area (Å²) >= 11 is 0. The fourth-order valence-corrected chi connectivity index (χ4v) is 1.62. The van der Waals surface area contributed by atoms with Gasteiger partial charge in [0.15, 0.2) is 0 Å². The molecule has 0 atom stereocenters. The number of nitrogens with one attached hydrogen (secondary N) is 1. The van der Waals surface area contributed by atoms with Crippen LogP contribution in [0.5, 0.6) is 5.75 Å². The third kappa shape index (κ3) is 2.37. The largest absolute Gasteiger partial charge is 0.497 e. The molecule has 0 aliphatic rings. The Balaban J connectivity index is 2.46. The molecule has 0 spiro atoms. The van der Waals surface area contributed by atoms with E-state index in [4.69, 9.17) is 10.5 Å². The molecule has 0 aliphatic carbocycles. The maximum absolute atomic E-state index is 11.6. The lowest BCUT2D eigenvalue weighted by atomic mass is 10.1. The summed E-state index contributed by atoms with van der Waals surface area (Å²) in [5.74, 6) is 0.756. The number of pyridine rings is 1. The lowest BCUT2D eigenvalue weighted by molar-refractivity contribution is 0.415. The van der Waals surface area contributed by atoms with Crippen molar-refractivity contribution in [3.05, 3.63) is 52.3 Å². The number of rotatable bonds is 3. The molecule has 0 saturated heterocycles. The van der Waals surface area contributed by atoms with Crippen molar-refractivity contribution in [3.8, 4) is 17.0 Å². The summed E-state index contributed by atoms with van der Waals surface area (Å²) in [4.78, 5) is 14.4. The van der Waals surface area contributed by atoms with Crippen LogP contribution in [-0.4, -0.2) is 12.1 Å². The van der Waals surface area contributed by atoms with Gasteiger partial charge in [-0.05, 0) is 18.2 Å². The van der Waals surface area contributed by atoms with Crippen molar-refractivity contribution < 1.29 is 4.74 Å². The molecule has 2 aromatic rings. The van der Waals surface area contributed by atoms with Crippen molar-refractivity contribution in [2.45, 2.75) is 6.54 Å². The summed E-state index contributed by atoms with van der Waals surface area (Å²) in [7, 11) is 1.61. The highest BCUT2D eigenvalue weighted by Crippen LogP contribution is 2.21. The van der Waals surface area contributed by atoms with Crippen LogP contribution >= 0.6 is 0 Å². The predicted octanol–water partition coefficient (Wildman–Crippen LogP) is 1.51. The molecule has 0 saturated carbocycles. The first-order valence-electron chi connectivity index (χ1n) is 5.31. The number of aromatic amines is 1. The van der Waals surface area contributed by atoms with Crippen molar-refractivity contribution in [2.75, 3.05) is 7.11 Å². The smallest absolute Gasteiger partial charge is 0.252 e. The maximum Gasteiger partial charge on any atom is 0.252 e. The van der Waals surface area contributed by atoms with Gasteiger partial charge in [0.05, 0.1) is 7.11 Å². The molecule has 0 fully saturated rings. The molecule has 0 amide bonds. The molecule has 1 heterocycles. The molecule has 88 valence electrons. The van der Waals surface area contributed by atoms with E-state index >= 15 is 0 Å². The minimum atomic E-state index is -0.146. The van der Waals surface area contributed by atoms with Gasteiger partial charge in [0.25, 0.3) is 5.56 Å². The summed E-state index contributed by atoms with van der Waals surface area (Å²) in [5, 5.41) is 0. The molecule has 0 aliphatic heterocycles. The summed E-state index contributed by atoms with van der Waals surface area (Å²) in [6, 6.07) is 11.1. The first-order valence-corrected chi connectivity index (χ1v) is 5.31. The van der Waals surface area contributed by atoms with Gasteiger partial charge in [0.1, 0.15) is 5.75 Å². The third-order valence-corrected chi connectivity index (χ3v) is 2.59. The van der Waals surface area contributed by atoms with E-state index in [0.29, 0.717) is 5.56 Å². The van der Waals surface area contributed by atoms with Gasteiger partial charge in [-0.3, -0.25) is 4.79 Å². The number of aromatic nitrogens is 1. The Morgan fingerprint density at radius 3 is 2.76 bits per heavy atom. The van der Waals surface area contributed by atoms with Crippen LogP contribution in [0.15, 0.2) is 41.2 Å². The SMILES string of the molecule is COc1cccc(-c2ccc(CN)c(=O)[nH]2)c1. The molecule has 0 unspecified atom stereocenters. The first-order chi connectivity index (χ1) is 8.24. The van der Waals surface area contributed by atoms with E-state index < -0.39 is 0 Å². The minimum absolute atomic E-state index is 0.146. The fraction of sp³-hybridized carbons (Fsp3) is 0.154. The number of H-pyrrole nitrogens is 1. The van der Waals surface area contributed by atoms with Crippen molar-refractivity contribution >= 4 is 0 Å². The van der Waals surface area contributed by atoms with Crippen LogP contribution in [0.3, 0.4) is 0 Å². The number of benzene rings is 1. The summed E-state index contributed by atoms with van der Waals surface area (Å²) in [5.41, 5.74) is 7.54. The van der Waals surface area contributed by atoms with Crippen molar-refractivity contribution in [2.24, 2.45) is 5.73 Å². The second kappa shape index (κ2) is 4.84. The highest BCUT2D eigenvalue weighted by molar-refractivity contribution is 5.61. The zero-order valence-corrected chi connectivity index (χ0v) is 9.57. The molecule has 0 bridgehead atoms. The Kier molecular flexibility index (Phi) is 3.25. The van der Waals surface area contributed by atoms with Crippen molar-refractivity contribution in [1.29, 1.82) is 0 Å². The van der Waals surface area contributed by atoms with E-state index in [2.05, 4.69) is 4.98 Å². The van der Waals surface area contributed by atoms with E-state index in [0.717, 1.165) is 17.0 Å². The van der Waals surface area contributed by atoms with E-state index in [9.17, 15) is 4.79 Å². The molecular weight excluding hydrogens is 216 g/mol. The van der Waals surface area contributed by atoms with Gasteiger partial charge >= 0.3 is 0 Å². The molecule has 1 aromatic carbocycles. The summed E-state index contributed by atoms with van der Waals surface area (Å²) in [6.45, 7) is 0.244. The van der Waals surface area contributed by atoms with Crippen LogP contribution in [-0.2, 0) is 6.54 Å². The second-order valence-electron chi connectivity index (χ2n) is 3.66. The number of methoxy groups -OCH3 is 1. The Hall–Kier alpha value is -2.07. The lowest BCUT2D eigenvalue weighted by Crippen LogP contribution is -2.15. The van der Waals surface area contributed by atoms with Crippen LogP contribution in [0.4, 0.5) is 0 Å². The second-order valence-corrected chi connectivity index (χ2v) is 3.66. The normalized spacial score (nSPS) is 10.2. The van der Waals surface area contributed by atoms with Gasteiger partial charge in [-0.15, -0.1) is 0 Å². The molecule has 4 heteroatoms. The maximum atomic E-state index is 11.6. The predicted molar refractivity (Wildman–Crippen MR) is 66.9 cm³/mol. The monoisotopic (exact) mass is 230 g/mol. The fourth-order valence-electron chi connectivity index (χ4n) is 1.62. The average Bonchev–Trinajstić information content (AvgIpc) is 2.38. The Bertz CT molecular complexity index is 576. The van der Waals surface area contributed by atoms with Gasteiger partial charge in [-0.1, -0.05) is 18.2 Å². The zero-order chi connectivity index (χ0) is 12.3. The van der Waals surface area contributed by atoms with E-state index in [1.807, 2.05) is 30.3 Å². The Morgan fingerprint density at radius 1 is 1.29 bits per heavy atom. The van der Waals surface area contributed by atoms with Crippen LogP contribution in [0.2, 0.25) is 0 Å². The number of nitrogens with two attached hydrogens (primary N) is 1. The highest BCUT2D eigenvalue weighted by atomic mass is 16.5. The number of hydrogen-bond acceptors (Lipinski definition) is 3. The van der Waals surface area contributed by atoms with Gasteiger partial charge in [0, 0.05) is 23.4 Å². The topological polar surface area (TPSA) is 68.1 Å².